The molecular weight excluding hydrogens is 252 g/mol. The van der Waals surface area contributed by atoms with Gasteiger partial charge in [-0.05, 0) is 18.3 Å². The van der Waals surface area contributed by atoms with E-state index in [1.165, 1.54) is 4.57 Å². The number of hydrogen-bond donors (Lipinski definition) is 1. The highest BCUT2D eigenvalue weighted by molar-refractivity contribution is 6.30. The zero-order valence-electron chi connectivity index (χ0n) is 11.5. The summed E-state index contributed by atoms with van der Waals surface area (Å²) < 4.78 is 1.25. The smallest absolute Gasteiger partial charge is 0.297 e. The highest BCUT2D eigenvalue weighted by Crippen LogP contribution is 2.18. The fourth-order valence-corrected chi connectivity index (χ4v) is 1.96. The Morgan fingerprint density at radius 1 is 1.28 bits per heavy atom. The average Bonchev–Trinajstić information content (AvgIpc) is 2.22. The lowest BCUT2D eigenvalue weighted by molar-refractivity contribution is 0.343. The van der Waals surface area contributed by atoms with Crippen molar-refractivity contribution in [1.29, 1.82) is 0 Å². The lowest BCUT2D eigenvalue weighted by Gasteiger charge is -2.18. The predicted octanol–water partition coefficient (Wildman–Crippen LogP) is 2.58. The molecule has 5 heteroatoms. The Balaban J connectivity index is 3.16. The molecule has 0 aliphatic carbocycles. The molecule has 0 amide bonds. The maximum absolute atomic E-state index is 12.2. The lowest BCUT2D eigenvalue weighted by Crippen LogP contribution is -2.38. The summed E-state index contributed by atoms with van der Waals surface area (Å²) >= 11 is 5.91. The Labute approximate surface area is 112 Å². The van der Waals surface area contributed by atoms with Gasteiger partial charge in [-0.3, -0.25) is 14.3 Å². The van der Waals surface area contributed by atoms with Crippen LogP contribution in [0.2, 0.25) is 5.15 Å². The SMILES string of the molecule is CCCc1c(Cl)[nH]c(=O)n(CCC(C)(C)C)c1=O. The second kappa shape index (κ2) is 5.74. The van der Waals surface area contributed by atoms with Crippen molar-refractivity contribution in [3.05, 3.63) is 31.6 Å². The van der Waals surface area contributed by atoms with Crippen LogP contribution >= 0.6 is 11.6 Å². The molecule has 18 heavy (non-hydrogen) atoms. The molecule has 1 N–H and O–H groups in total. The van der Waals surface area contributed by atoms with Crippen LogP contribution in [0.1, 0.15) is 46.1 Å². The summed E-state index contributed by atoms with van der Waals surface area (Å²) in [4.78, 5) is 26.5. The van der Waals surface area contributed by atoms with Crippen molar-refractivity contribution >= 4 is 11.6 Å². The first kappa shape index (κ1) is 15.0. The minimum absolute atomic E-state index is 0.0798. The van der Waals surface area contributed by atoms with E-state index in [0.29, 0.717) is 18.5 Å². The van der Waals surface area contributed by atoms with E-state index < -0.39 is 5.69 Å². The van der Waals surface area contributed by atoms with E-state index in [4.69, 9.17) is 11.6 Å². The van der Waals surface area contributed by atoms with Gasteiger partial charge in [0.05, 0.1) is 5.56 Å². The van der Waals surface area contributed by atoms with Gasteiger partial charge in [0.2, 0.25) is 0 Å². The third-order valence-corrected chi connectivity index (χ3v) is 3.14. The van der Waals surface area contributed by atoms with Crippen LogP contribution in [0.5, 0.6) is 0 Å². The number of aromatic amines is 1. The number of nitrogens with zero attached hydrogens (tertiary/aromatic N) is 1. The largest absolute Gasteiger partial charge is 0.329 e. The molecule has 0 saturated heterocycles. The molecule has 4 nitrogen and oxygen atoms in total. The van der Waals surface area contributed by atoms with Crippen molar-refractivity contribution < 1.29 is 0 Å². The van der Waals surface area contributed by atoms with Crippen LogP contribution in [0, 0.1) is 5.41 Å². The van der Waals surface area contributed by atoms with Gasteiger partial charge in [-0.25, -0.2) is 4.79 Å². The highest BCUT2D eigenvalue weighted by Gasteiger charge is 2.15. The van der Waals surface area contributed by atoms with Gasteiger partial charge >= 0.3 is 5.69 Å². The van der Waals surface area contributed by atoms with Crippen molar-refractivity contribution in [1.82, 2.24) is 9.55 Å². The van der Waals surface area contributed by atoms with Gasteiger partial charge in [-0.2, -0.15) is 0 Å². The molecule has 0 aliphatic heterocycles. The zero-order chi connectivity index (χ0) is 13.9. The molecule has 0 unspecified atom stereocenters. The predicted molar refractivity (Wildman–Crippen MR) is 74.4 cm³/mol. The summed E-state index contributed by atoms with van der Waals surface area (Å²) in [6.45, 7) is 8.63. The van der Waals surface area contributed by atoms with Gasteiger partial charge in [0.25, 0.3) is 5.56 Å². The first-order valence-corrected chi connectivity index (χ1v) is 6.65. The zero-order valence-corrected chi connectivity index (χ0v) is 12.2. The fraction of sp³-hybridized carbons (Fsp3) is 0.692. The molecule has 0 atom stereocenters. The third-order valence-electron chi connectivity index (χ3n) is 2.82. The number of rotatable bonds is 4. The molecule has 0 aliphatic rings. The van der Waals surface area contributed by atoms with E-state index in [1.54, 1.807) is 0 Å². The summed E-state index contributed by atoms with van der Waals surface area (Å²) in [5, 5.41) is 0.179. The number of aromatic nitrogens is 2. The molecule has 1 rings (SSSR count). The summed E-state index contributed by atoms with van der Waals surface area (Å²) in [5.74, 6) is 0. The minimum Gasteiger partial charge on any atom is -0.297 e. The van der Waals surface area contributed by atoms with E-state index in [2.05, 4.69) is 25.8 Å². The maximum Gasteiger partial charge on any atom is 0.329 e. The summed E-state index contributed by atoms with van der Waals surface area (Å²) in [5.41, 5.74) is -0.0900. The van der Waals surface area contributed by atoms with Gasteiger partial charge in [0.15, 0.2) is 0 Å². The van der Waals surface area contributed by atoms with Crippen molar-refractivity contribution in [2.45, 2.75) is 53.5 Å². The topological polar surface area (TPSA) is 54.9 Å². The minimum atomic E-state index is -0.422. The number of nitrogens with one attached hydrogen (secondary N) is 1. The summed E-state index contributed by atoms with van der Waals surface area (Å²) in [6, 6.07) is 0. The van der Waals surface area contributed by atoms with E-state index in [1.807, 2.05) is 6.92 Å². The Morgan fingerprint density at radius 3 is 2.39 bits per heavy atom. The van der Waals surface area contributed by atoms with Crippen LogP contribution in [0.25, 0.3) is 0 Å². The molecule has 0 spiro atoms. The van der Waals surface area contributed by atoms with E-state index in [9.17, 15) is 9.59 Å². The van der Waals surface area contributed by atoms with Crippen LogP contribution < -0.4 is 11.2 Å². The molecule has 1 aromatic heterocycles. The number of hydrogen-bond acceptors (Lipinski definition) is 2. The molecule has 1 heterocycles. The van der Waals surface area contributed by atoms with Gasteiger partial charge in [-0.15, -0.1) is 0 Å². The number of halogens is 1. The van der Waals surface area contributed by atoms with E-state index in [0.717, 1.165) is 12.8 Å². The Hall–Kier alpha value is -1.03. The van der Waals surface area contributed by atoms with Crippen LogP contribution in [0.3, 0.4) is 0 Å². The van der Waals surface area contributed by atoms with E-state index >= 15 is 0 Å². The van der Waals surface area contributed by atoms with Crippen LogP contribution in [0.4, 0.5) is 0 Å². The Bertz CT molecular complexity index is 523. The molecular formula is C13H21ClN2O2. The molecule has 0 fully saturated rings. The first-order chi connectivity index (χ1) is 8.26. The standard InChI is InChI=1S/C13H21ClN2O2/c1-5-6-9-10(14)15-12(18)16(11(9)17)8-7-13(2,3)4/h5-8H2,1-4H3,(H,15,18). The number of H-pyrrole nitrogens is 1. The molecule has 0 aromatic carbocycles. The van der Waals surface area contributed by atoms with Crippen molar-refractivity contribution in [2.24, 2.45) is 5.41 Å². The molecule has 0 saturated carbocycles. The summed E-state index contributed by atoms with van der Waals surface area (Å²) in [6.07, 6.45) is 2.17. The van der Waals surface area contributed by atoms with Crippen molar-refractivity contribution in [3.63, 3.8) is 0 Å². The van der Waals surface area contributed by atoms with Gasteiger partial charge in [0.1, 0.15) is 5.15 Å². The third kappa shape index (κ3) is 3.73. The van der Waals surface area contributed by atoms with E-state index in [-0.39, 0.29) is 16.1 Å². The lowest BCUT2D eigenvalue weighted by atomic mass is 9.92. The van der Waals surface area contributed by atoms with Crippen molar-refractivity contribution in [2.75, 3.05) is 0 Å². The van der Waals surface area contributed by atoms with Crippen LogP contribution in [0.15, 0.2) is 9.59 Å². The van der Waals surface area contributed by atoms with Gasteiger partial charge < -0.3 is 0 Å². The first-order valence-electron chi connectivity index (χ1n) is 6.27. The Morgan fingerprint density at radius 2 is 1.89 bits per heavy atom. The molecule has 102 valence electrons. The van der Waals surface area contributed by atoms with Gasteiger partial charge in [-0.1, -0.05) is 45.7 Å². The maximum atomic E-state index is 12.2. The second-order valence-electron chi connectivity index (χ2n) is 5.74. The molecule has 0 bridgehead atoms. The fourth-order valence-electron chi connectivity index (χ4n) is 1.70. The summed E-state index contributed by atoms with van der Waals surface area (Å²) in [7, 11) is 0. The van der Waals surface area contributed by atoms with Crippen LogP contribution in [-0.4, -0.2) is 9.55 Å². The quantitative estimate of drug-likeness (QED) is 0.857. The van der Waals surface area contributed by atoms with Crippen molar-refractivity contribution in [3.8, 4) is 0 Å². The normalized spacial score (nSPS) is 11.8. The second-order valence-corrected chi connectivity index (χ2v) is 6.12. The molecule has 0 radical (unpaired) electrons. The monoisotopic (exact) mass is 272 g/mol. The highest BCUT2D eigenvalue weighted by atomic mass is 35.5. The molecule has 1 aromatic rings. The van der Waals surface area contributed by atoms with Gasteiger partial charge in [0, 0.05) is 6.54 Å². The van der Waals surface area contributed by atoms with Crippen LogP contribution in [-0.2, 0) is 13.0 Å². The Kier molecular flexibility index (Phi) is 4.79. The average molecular weight is 273 g/mol.